The number of hydrogen-bond acceptors (Lipinski definition) is 5. The van der Waals surface area contributed by atoms with Crippen LogP contribution in [-0.4, -0.2) is 44.9 Å². The Kier molecular flexibility index (Phi) is 5.45. The van der Waals surface area contributed by atoms with E-state index in [0.717, 1.165) is 31.2 Å². The molecule has 1 amide bonds. The lowest BCUT2D eigenvalue weighted by Crippen LogP contribution is -2.40. The molecule has 3 heterocycles. The molecular formula is C24H21F4N5O. The van der Waals surface area contributed by atoms with E-state index in [1.165, 1.54) is 24.5 Å². The fourth-order valence-electron chi connectivity index (χ4n) is 4.56. The van der Waals surface area contributed by atoms with Crippen molar-refractivity contribution >= 4 is 11.7 Å². The smallest absolute Gasteiger partial charge is 0.368 e. The minimum Gasteiger partial charge on any atom is -0.368 e. The molecule has 1 spiro atoms. The molecule has 5 rings (SSSR count). The summed E-state index contributed by atoms with van der Waals surface area (Å²) in [6, 6.07) is 7.48. The molecule has 1 aromatic carbocycles. The number of rotatable bonds is 5. The minimum absolute atomic E-state index is 0.0160. The van der Waals surface area contributed by atoms with Crippen molar-refractivity contribution in [3.05, 3.63) is 71.9 Å². The number of alkyl halides is 3. The van der Waals surface area contributed by atoms with E-state index in [4.69, 9.17) is 0 Å². The predicted octanol–water partition coefficient (Wildman–Crippen LogP) is 4.80. The second-order valence-corrected chi connectivity index (χ2v) is 8.83. The Bertz CT molecular complexity index is 1210. The number of nitrogens with one attached hydrogen (secondary N) is 1. The maximum atomic E-state index is 14.9. The molecule has 2 aromatic heterocycles. The van der Waals surface area contributed by atoms with E-state index in [1.807, 2.05) is 0 Å². The van der Waals surface area contributed by atoms with Crippen molar-refractivity contribution in [2.45, 2.75) is 31.5 Å². The van der Waals surface area contributed by atoms with Gasteiger partial charge in [0.25, 0.3) is 5.91 Å². The van der Waals surface area contributed by atoms with Gasteiger partial charge in [0.05, 0.1) is 11.1 Å². The lowest BCUT2D eigenvalue weighted by Gasteiger charge is -2.26. The number of likely N-dealkylation sites (tertiary alicyclic amines) is 1. The van der Waals surface area contributed by atoms with Crippen molar-refractivity contribution in [3.63, 3.8) is 0 Å². The van der Waals surface area contributed by atoms with Crippen molar-refractivity contribution in [1.82, 2.24) is 19.9 Å². The third-order valence-electron chi connectivity index (χ3n) is 6.47. The summed E-state index contributed by atoms with van der Waals surface area (Å²) in [6.45, 7) is 0.672. The Balaban J connectivity index is 1.41. The summed E-state index contributed by atoms with van der Waals surface area (Å²) in [4.78, 5) is 27.5. The number of carbonyl (C=O) groups excluding carboxylic acids is 1. The zero-order chi connectivity index (χ0) is 23.9. The van der Waals surface area contributed by atoms with Gasteiger partial charge in [-0.15, -0.1) is 0 Å². The van der Waals surface area contributed by atoms with Gasteiger partial charge in [-0.2, -0.15) is 13.2 Å². The van der Waals surface area contributed by atoms with Crippen LogP contribution in [0.15, 0.2) is 55.0 Å². The quantitative estimate of drug-likeness (QED) is 0.541. The number of anilines is 1. The molecule has 1 unspecified atom stereocenters. The van der Waals surface area contributed by atoms with E-state index < -0.39 is 23.5 Å². The van der Waals surface area contributed by atoms with E-state index in [1.54, 1.807) is 17.0 Å². The largest absolute Gasteiger partial charge is 0.416 e. The zero-order valence-electron chi connectivity index (χ0n) is 18.0. The molecule has 1 aliphatic heterocycles. The first-order valence-electron chi connectivity index (χ1n) is 10.9. The second kappa shape index (κ2) is 8.34. The molecule has 3 aromatic rings. The van der Waals surface area contributed by atoms with Gasteiger partial charge in [-0.05, 0) is 48.9 Å². The van der Waals surface area contributed by atoms with Gasteiger partial charge in [-0.1, -0.05) is 12.1 Å². The normalized spacial score (nSPS) is 18.8. The van der Waals surface area contributed by atoms with Gasteiger partial charge in [-0.3, -0.25) is 4.79 Å². The van der Waals surface area contributed by atoms with Gasteiger partial charge < -0.3 is 10.2 Å². The van der Waals surface area contributed by atoms with Gasteiger partial charge in [0, 0.05) is 43.3 Å². The molecular weight excluding hydrogens is 450 g/mol. The van der Waals surface area contributed by atoms with Crippen LogP contribution in [0.2, 0.25) is 0 Å². The first-order valence-corrected chi connectivity index (χ1v) is 10.9. The number of nitrogens with zero attached hydrogens (tertiary/aromatic N) is 4. The lowest BCUT2D eigenvalue weighted by molar-refractivity contribution is -0.137. The molecule has 34 heavy (non-hydrogen) atoms. The fourth-order valence-corrected chi connectivity index (χ4v) is 4.56. The Labute approximate surface area is 193 Å². The number of aromatic nitrogens is 3. The standard InChI is InChI=1S/C24H21F4N5O/c25-18-4-1-3-17(21-30-8-2-9-31-21)20(18)22(34)33-14-23(6-7-23)12-16(33)13-32-19-11-15(5-10-29-19)24(26,27)28/h1-5,8-11,16H,6-7,12-14H2,(H,29,32). The van der Waals surface area contributed by atoms with Crippen LogP contribution in [0, 0.1) is 11.2 Å². The van der Waals surface area contributed by atoms with Crippen molar-refractivity contribution in [1.29, 1.82) is 0 Å². The van der Waals surface area contributed by atoms with Crippen molar-refractivity contribution in [2.24, 2.45) is 5.41 Å². The fraction of sp³-hybridized carbons (Fsp3) is 0.333. The average Bonchev–Trinajstić information content (AvgIpc) is 3.48. The number of pyridine rings is 1. The Morgan fingerprint density at radius 1 is 1.09 bits per heavy atom. The molecule has 1 aliphatic carbocycles. The summed E-state index contributed by atoms with van der Waals surface area (Å²) in [6.07, 6.45) is 2.26. The Hall–Kier alpha value is -3.56. The van der Waals surface area contributed by atoms with Crippen LogP contribution in [0.4, 0.5) is 23.4 Å². The van der Waals surface area contributed by atoms with E-state index >= 15 is 0 Å². The van der Waals surface area contributed by atoms with E-state index in [-0.39, 0.29) is 35.2 Å². The van der Waals surface area contributed by atoms with Crippen LogP contribution < -0.4 is 5.32 Å². The SMILES string of the molecule is O=C(c1c(F)cccc1-c1ncccn1)N1CC2(CC2)CC1CNc1cc(C(F)(F)F)ccn1. The maximum Gasteiger partial charge on any atom is 0.416 e. The van der Waals surface area contributed by atoms with Gasteiger partial charge in [0.15, 0.2) is 5.82 Å². The topological polar surface area (TPSA) is 71.0 Å². The Morgan fingerprint density at radius 2 is 1.85 bits per heavy atom. The summed E-state index contributed by atoms with van der Waals surface area (Å²) >= 11 is 0. The summed E-state index contributed by atoms with van der Waals surface area (Å²) in [5.41, 5.74) is -0.623. The van der Waals surface area contributed by atoms with Crippen LogP contribution in [0.3, 0.4) is 0 Å². The minimum atomic E-state index is -4.48. The number of halogens is 4. The molecule has 2 aliphatic rings. The highest BCUT2D eigenvalue weighted by Crippen LogP contribution is 2.55. The summed E-state index contributed by atoms with van der Waals surface area (Å²) in [5, 5.41) is 2.94. The van der Waals surface area contributed by atoms with Crippen LogP contribution in [0.5, 0.6) is 0 Å². The van der Waals surface area contributed by atoms with E-state index in [2.05, 4.69) is 20.3 Å². The van der Waals surface area contributed by atoms with Gasteiger partial charge in [-0.25, -0.2) is 19.3 Å². The molecule has 6 nitrogen and oxygen atoms in total. The summed E-state index contributed by atoms with van der Waals surface area (Å²) in [5.74, 6) is -0.831. The number of carbonyl (C=O) groups is 1. The Morgan fingerprint density at radius 3 is 2.56 bits per heavy atom. The average molecular weight is 471 g/mol. The zero-order valence-corrected chi connectivity index (χ0v) is 18.0. The maximum absolute atomic E-state index is 14.9. The highest BCUT2D eigenvalue weighted by atomic mass is 19.4. The molecule has 176 valence electrons. The molecule has 0 radical (unpaired) electrons. The van der Waals surface area contributed by atoms with Crippen LogP contribution in [-0.2, 0) is 6.18 Å². The van der Waals surface area contributed by atoms with Crippen molar-refractivity contribution < 1.29 is 22.4 Å². The summed E-state index contributed by atoms with van der Waals surface area (Å²) < 4.78 is 54.1. The number of hydrogen-bond donors (Lipinski definition) is 1. The molecule has 2 fully saturated rings. The number of amides is 1. The van der Waals surface area contributed by atoms with Gasteiger partial charge in [0.1, 0.15) is 11.6 Å². The van der Waals surface area contributed by atoms with Crippen molar-refractivity contribution in [2.75, 3.05) is 18.4 Å². The first-order chi connectivity index (χ1) is 16.3. The lowest BCUT2D eigenvalue weighted by atomic mass is 10.0. The molecule has 1 atom stereocenters. The molecule has 10 heteroatoms. The van der Waals surface area contributed by atoms with Gasteiger partial charge in [0.2, 0.25) is 0 Å². The molecule has 1 saturated carbocycles. The molecule has 1 N–H and O–H groups in total. The van der Waals surface area contributed by atoms with E-state index in [9.17, 15) is 22.4 Å². The van der Waals surface area contributed by atoms with Gasteiger partial charge >= 0.3 is 6.18 Å². The third-order valence-corrected chi connectivity index (χ3v) is 6.47. The van der Waals surface area contributed by atoms with Crippen molar-refractivity contribution in [3.8, 4) is 11.4 Å². The monoisotopic (exact) mass is 471 g/mol. The van der Waals surface area contributed by atoms with Crippen LogP contribution >= 0.6 is 0 Å². The predicted molar refractivity (Wildman–Crippen MR) is 116 cm³/mol. The van der Waals surface area contributed by atoms with Crippen LogP contribution in [0.1, 0.15) is 35.2 Å². The van der Waals surface area contributed by atoms with Crippen LogP contribution in [0.25, 0.3) is 11.4 Å². The highest BCUT2D eigenvalue weighted by molar-refractivity contribution is 6.00. The summed E-state index contributed by atoms with van der Waals surface area (Å²) in [7, 11) is 0. The first kappa shape index (κ1) is 22.2. The molecule has 1 saturated heterocycles. The van der Waals surface area contributed by atoms with E-state index in [0.29, 0.717) is 18.5 Å². The second-order valence-electron chi connectivity index (χ2n) is 8.83. The highest BCUT2D eigenvalue weighted by Gasteiger charge is 2.53. The third kappa shape index (κ3) is 4.32. The number of benzene rings is 1. The molecule has 0 bridgehead atoms.